The van der Waals surface area contributed by atoms with E-state index in [9.17, 15) is 30.0 Å². The summed E-state index contributed by atoms with van der Waals surface area (Å²) in [5.74, 6) is -2.34. The molecule has 0 radical (unpaired) electrons. The third kappa shape index (κ3) is 4.31. The van der Waals surface area contributed by atoms with Crippen LogP contribution in [0.1, 0.15) is 18.4 Å². The van der Waals surface area contributed by atoms with Crippen molar-refractivity contribution in [2.75, 3.05) is 7.11 Å². The Balaban J connectivity index is 2.07. The number of carbonyl (C=O) groups is 2. The molecule has 0 amide bonds. The van der Waals surface area contributed by atoms with Gasteiger partial charge in [0.2, 0.25) is 0 Å². The Hall–Kier alpha value is -2.62. The van der Waals surface area contributed by atoms with Crippen LogP contribution in [0.3, 0.4) is 0 Å². The largest absolute Gasteiger partial charge is 0.504 e. The van der Waals surface area contributed by atoms with Crippen LogP contribution in [-0.4, -0.2) is 68.5 Å². The van der Waals surface area contributed by atoms with Gasteiger partial charge in [0.25, 0.3) is 0 Å². The Labute approximate surface area is 148 Å². The molecule has 5 N–H and O–H groups in total. The van der Waals surface area contributed by atoms with Crippen LogP contribution >= 0.6 is 0 Å². The van der Waals surface area contributed by atoms with Gasteiger partial charge < -0.3 is 35.0 Å². The smallest absolute Gasteiger partial charge is 0.335 e. The van der Waals surface area contributed by atoms with Gasteiger partial charge in [0, 0.05) is 18.9 Å². The van der Waals surface area contributed by atoms with E-state index in [1.165, 1.54) is 31.4 Å². The number of aliphatic hydroxyl groups is 3. The van der Waals surface area contributed by atoms with Crippen LogP contribution in [0, 0.1) is 0 Å². The summed E-state index contributed by atoms with van der Waals surface area (Å²) in [6.45, 7) is 0. The molecular weight excluding hydrogens is 348 g/mol. The van der Waals surface area contributed by atoms with E-state index in [0.717, 1.165) is 6.08 Å². The average molecular weight is 368 g/mol. The molecule has 9 heteroatoms. The molecule has 4 atom stereocenters. The number of aliphatic carboxylic acids is 1. The fourth-order valence-electron chi connectivity index (χ4n) is 2.69. The number of carboxylic acids is 1. The van der Waals surface area contributed by atoms with Crippen LogP contribution in [0.2, 0.25) is 0 Å². The number of hydrogen-bond donors (Lipinski definition) is 5. The van der Waals surface area contributed by atoms with E-state index in [1.54, 1.807) is 0 Å². The number of carbonyl (C=O) groups excluding carboxylic acids is 1. The highest BCUT2D eigenvalue weighted by Crippen LogP contribution is 2.31. The number of hydrogen-bond acceptors (Lipinski definition) is 8. The van der Waals surface area contributed by atoms with Gasteiger partial charge >= 0.3 is 11.9 Å². The molecule has 142 valence electrons. The second kappa shape index (κ2) is 7.73. The van der Waals surface area contributed by atoms with E-state index in [4.69, 9.17) is 14.6 Å². The molecule has 1 aliphatic carbocycles. The van der Waals surface area contributed by atoms with E-state index < -0.39 is 48.7 Å². The highest BCUT2D eigenvalue weighted by Gasteiger charge is 2.50. The maximum atomic E-state index is 11.9. The molecule has 0 bridgehead atoms. The van der Waals surface area contributed by atoms with Gasteiger partial charge in [-0.2, -0.15) is 0 Å². The Morgan fingerprint density at radius 3 is 2.58 bits per heavy atom. The van der Waals surface area contributed by atoms with E-state index in [0.29, 0.717) is 5.56 Å². The lowest BCUT2D eigenvalue weighted by Crippen LogP contribution is -2.57. The highest BCUT2D eigenvalue weighted by molar-refractivity contribution is 5.87. The number of aliphatic hydroxyl groups excluding tert-OH is 2. The minimum absolute atomic E-state index is 0.0699. The summed E-state index contributed by atoms with van der Waals surface area (Å²) in [6.07, 6.45) is -3.17. The molecule has 1 fully saturated rings. The number of methoxy groups -OCH3 is 1. The lowest BCUT2D eigenvalue weighted by molar-refractivity contribution is -0.196. The summed E-state index contributed by atoms with van der Waals surface area (Å²) in [5, 5.41) is 48.2. The number of ether oxygens (including phenoxy) is 2. The van der Waals surface area contributed by atoms with E-state index in [2.05, 4.69) is 0 Å². The lowest BCUT2D eigenvalue weighted by Gasteiger charge is -2.39. The monoisotopic (exact) mass is 368 g/mol. The topological polar surface area (TPSA) is 154 Å². The second-order valence-corrected chi connectivity index (χ2v) is 6.04. The van der Waals surface area contributed by atoms with Crippen molar-refractivity contribution in [3.05, 3.63) is 29.8 Å². The number of esters is 1. The summed E-state index contributed by atoms with van der Waals surface area (Å²) in [5.41, 5.74) is -1.78. The van der Waals surface area contributed by atoms with Crippen LogP contribution in [0.5, 0.6) is 11.5 Å². The van der Waals surface area contributed by atoms with Crippen molar-refractivity contribution in [1.29, 1.82) is 0 Å². The summed E-state index contributed by atoms with van der Waals surface area (Å²) in [4.78, 5) is 23.1. The van der Waals surface area contributed by atoms with Gasteiger partial charge in [-0.25, -0.2) is 9.59 Å². The van der Waals surface area contributed by atoms with E-state index >= 15 is 0 Å². The van der Waals surface area contributed by atoms with Crippen molar-refractivity contribution >= 4 is 18.0 Å². The van der Waals surface area contributed by atoms with Crippen LogP contribution in [0.25, 0.3) is 6.08 Å². The third-order valence-electron chi connectivity index (χ3n) is 4.14. The molecule has 1 aromatic carbocycles. The number of phenols is 1. The zero-order valence-corrected chi connectivity index (χ0v) is 13.9. The maximum absolute atomic E-state index is 11.9. The third-order valence-corrected chi connectivity index (χ3v) is 4.14. The molecule has 2 rings (SSSR count). The number of carboxylic acid groups (broad SMARTS) is 1. The molecule has 0 unspecified atom stereocenters. The van der Waals surface area contributed by atoms with Crippen LogP contribution in [0.4, 0.5) is 0 Å². The molecule has 1 aliphatic rings. The molecule has 0 spiro atoms. The molecule has 1 aromatic rings. The standard InChI is InChI=1S/C17H20O9/c1-25-12-6-9(2-4-10(12)18)3-5-14(20)26-13-8-17(24,16(22)23)7-11(19)15(13)21/h2-6,11,13,15,18-19,21,24H,7-8H2,1H3,(H,22,23)/t11-,13-,15-,17-/m0/s1. The van der Waals surface area contributed by atoms with Gasteiger partial charge in [-0.05, 0) is 23.8 Å². The molecule has 0 aromatic heterocycles. The molecule has 26 heavy (non-hydrogen) atoms. The van der Waals surface area contributed by atoms with E-state index in [1.807, 2.05) is 0 Å². The van der Waals surface area contributed by atoms with E-state index in [-0.39, 0.29) is 11.5 Å². The fourth-order valence-corrected chi connectivity index (χ4v) is 2.69. The molecular formula is C17H20O9. The first-order chi connectivity index (χ1) is 12.2. The van der Waals surface area contributed by atoms with Crippen LogP contribution < -0.4 is 4.74 Å². The predicted molar refractivity (Wildman–Crippen MR) is 87.4 cm³/mol. The van der Waals surface area contributed by atoms with Crippen molar-refractivity contribution in [3.8, 4) is 11.5 Å². The maximum Gasteiger partial charge on any atom is 0.335 e. The fraction of sp³-hybridized carbons (Fsp3) is 0.412. The van der Waals surface area contributed by atoms with Crippen molar-refractivity contribution in [1.82, 2.24) is 0 Å². The second-order valence-electron chi connectivity index (χ2n) is 6.04. The quantitative estimate of drug-likeness (QED) is 0.347. The van der Waals surface area contributed by atoms with Gasteiger partial charge in [0.15, 0.2) is 17.1 Å². The Morgan fingerprint density at radius 2 is 1.96 bits per heavy atom. The molecule has 0 heterocycles. The first kappa shape index (κ1) is 19.7. The number of aromatic hydroxyl groups is 1. The molecule has 1 saturated carbocycles. The average Bonchev–Trinajstić information content (AvgIpc) is 2.58. The van der Waals surface area contributed by atoms with Gasteiger partial charge in [-0.15, -0.1) is 0 Å². The SMILES string of the molecule is COc1cc(C=CC(=O)O[C@H]2C[C@](O)(C(=O)O)C[C@H](O)[C@@H]2O)ccc1O. The van der Waals surface area contributed by atoms with Gasteiger partial charge in [-0.1, -0.05) is 6.07 Å². The zero-order chi connectivity index (χ0) is 19.5. The first-order valence-corrected chi connectivity index (χ1v) is 7.74. The summed E-state index contributed by atoms with van der Waals surface area (Å²) in [7, 11) is 1.37. The number of phenolic OH excluding ortho intramolecular Hbond substituents is 1. The Morgan fingerprint density at radius 1 is 1.27 bits per heavy atom. The van der Waals surface area contributed by atoms with Gasteiger partial charge in [0.1, 0.15) is 12.2 Å². The summed E-state index contributed by atoms with van der Waals surface area (Å²) in [6, 6.07) is 4.36. The Bertz CT molecular complexity index is 714. The Kier molecular flexibility index (Phi) is 5.86. The zero-order valence-electron chi connectivity index (χ0n) is 13.9. The minimum atomic E-state index is -2.29. The highest BCUT2D eigenvalue weighted by atomic mass is 16.6. The van der Waals surface area contributed by atoms with Crippen molar-refractivity contribution < 1.29 is 44.6 Å². The lowest BCUT2D eigenvalue weighted by atomic mass is 9.79. The van der Waals surface area contributed by atoms with Crippen molar-refractivity contribution in [2.24, 2.45) is 0 Å². The number of benzene rings is 1. The van der Waals surface area contributed by atoms with Crippen LogP contribution in [-0.2, 0) is 14.3 Å². The molecule has 0 aliphatic heterocycles. The minimum Gasteiger partial charge on any atom is -0.504 e. The van der Waals surface area contributed by atoms with Gasteiger partial charge in [-0.3, -0.25) is 0 Å². The summed E-state index contributed by atoms with van der Waals surface area (Å²) >= 11 is 0. The normalized spacial score (nSPS) is 28.7. The van der Waals surface area contributed by atoms with Gasteiger partial charge in [0.05, 0.1) is 13.2 Å². The molecule has 0 saturated heterocycles. The molecule has 9 nitrogen and oxygen atoms in total. The predicted octanol–water partition coefficient (Wildman–Crippen LogP) is -0.343. The van der Waals surface area contributed by atoms with Crippen molar-refractivity contribution in [3.63, 3.8) is 0 Å². The van der Waals surface area contributed by atoms with Crippen LogP contribution in [0.15, 0.2) is 24.3 Å². The number of rotatable bonds is 5. The van der Waals surface area contributed by atoms with Crippen molar-refractivity contribution in [2.45, 2.75) is 36.8 Å². The first-order valence-electron chi connectivity index (χ1n) is 7.74. The summed E-state index contributed by atoms with van der Waals surface area (Å²) < 4.78 is 9.92.